The fourth-order valence-corrected chi connectivity index (χ4v) is 2.70. The number of esters is 1. The third-order valence-corrected chi connectivity index (χ3v) is 3.71. The Morgan fingerprint density at radius 2 is 1.86 bits per heavy atom. The molecule has 0 saturated heterocycles. The molecule has 0 aliphatic carbocycles. The quantitative estimate of drug-likeness (QED) is 0.676. The molecule has 1 N–H and O–H groups in total. The Morgan fingerprint density at radius 1 is 1.14 bits per heavy atom. The maximum Gasteiger partial charge on any atom is 0.337 e. The highest BCUT2D eigenvalue weighted by molar-refractivity contribution is 6.27. The van der Waals surface area contributed by atoms with E-state index in [1.807, 2.05) is 13.0 Å². The third-order valence-electron chi connectivity index (χ3n) is 3.71. The molecule has 2 aromatic carbocycles. The van der Waals surface area contributed by atoms with Gasteiger partial charge in [0, 0.05) is 0 Å². The van der Waals surface area contributed by atoms with E-state index < -0.39 is 11.9 Å². The molecule has 1 aliphatic heterocycles. The van der Waals surface area contributed by atoms with Gasteiger partial charge in [-0.15, -0.1) is 0 Å². The van der Waals surface area contributed by atoms with Crippen molar-refractivity contribution in [3.8, 4) is 0 Å². The first kappa shape index (κ1) is 13.3. The molecule has 106 valence electrons. The van der Waals surface area contributed by atoms with Crippen LogP contribution in [0.1, 0.15) is 43.6 Å². The van der Waals surface area contributed by atoms with Crippen molar-refractivity contribution in [3.63, 3.8) is 0 Å². The van der Waals surface area contributed by atoms with Gasteiger partial charge in [0.1, 0.15) is 0 Å². The topological polar surface area (TPSA) is 72.5 Å². The molecule has 0 aromatic heterocycles. The maximum absolute atomic E-state index is 12.1. The number of ether oxygens (including phenoxy) is 1. The molecule has 5 nitrogen and oxygen atoms in total. The number of hydrogen-bond acceptors (Lipinski definition) is 4. The number of nitrogens with one attached hydrogen (secondary N) is 1. The Kier molecular flexibility index (Phi) is 2.97. The molecule has 1 aliphatic rings. The molecule has 0 spiro atoms. The summed E-state index contributed by atoms with van der Waals surface area (Å²) in [5, 5.41) is 3.73. The summed E-state index contributed by atoms with van der Waals surface area (Å²) < 4.78 is 4.69. The molecule has 0 atom stereocenters. The van der Waals surface area contributed by atoms with Crippen LogP contribution in [-0.4, -0.2) is 24.9 Å². The molecule has 0 bridgehead atoms. The van der Waals surface area contributed by atoms with Crippen LogP contribution in [-0.2, 0) is 11.2 Å². The Bertz CT molecular complexity index is 808. The van der Waals surface area contributed by atoms with Gasteiger partial charge in [-0.05, 0) is 34.9 Å². The van der Waals surface area contributed by atoms with Crippen molar-refractivity contribution in [1.29, 1.82) is 0 Å². The minimum atomic E-state index is -0.477. The van der Waals surface area contributed by atoms with E-state index in [0.717, 1.165) is 10.9 Å². The van der Waals surface area contributed by atoms with Crippen LogP contribution >= 0.6 is 0 Å². The lowest BCUT2D eigenvalue weighted by atomic mass is 9.93. The van der Waals surface area contributed by atoms with Gasteiger partial charge >= 0.3 is 5.97 Å². The molecule has 2 amide bonds. The van der Waals surface area contributed by atoms with Gasteiger partial charge in [-0.2, -0.15) is 0 Å². The van der Waals surface area contributed by atoms with Gasteiger partial charge in [-0.3, -0.25) is 14.9 Å². The summed E-state index contributed by atoms with van der Waals surface area (Å²) in [5.41, 5.74) is 1.94. The number of carbonyl (C=O) groups excluding carboxylic acids is 3. The van der Waals surface area contributed by atoms with Gasteiger partial charge in [0.15, 0.2) is 0 Å². The minimum Gasteiger partial charge on any atom is -0.465 e. The number of hydrogen-bond donors (Lipinski definition) is 1. The molecular weight excluding hydrogens is 270 g/mol. The number of benzene rings is 2. The van der Waals surface area contributed by atoms with Gasteiger partial charge in [0.2, 0.25) is 0 Å². The van der Waals surface area contributed by atoms with Gasteiger partial charge < -0.3 is 4.74 Å². The molecule has 0 radical (unpaired) electrons. The monoisotopic (exact) mass is 283 g/mol. The SMILES string of the molecule is CCc1cc2ccc(C(=O)OC)cc2c2c1C(=O)NC2=O. The van der Waals surface area contributed by atoms with Crippen molar-refractivity contribution in [2.45, 2.75) is 13.3 Å². The van der Waals surface area contributed by atoms with Gasteiger partial charge in [0.05, 0.1) is 23.8 Å². The van der Waals surface area contributed by atoms with Crippen LogP contribution < -0.4 is 5.32 Å². The zero-order valence-electron chi connectivity index (χ0n) is 11.6. The highest BCUT2D eigenvalue weighted by Gasteiger charge is 2.31. The number of methoxy groups -OCH3 is 1. The molecule has 1 heterocycles. The average Bonchev–Trinajstić information content (AvgIpc) is 2.80. The van der Waals surface area contributed by atoms with Gasteiger partial charge in [-0.25, -0.2) is 4.79 Å². The smallest absolute Gasteiger partial charge is 0.337 e. The van der Waals surface area contributed by atoms with E-state index >= 15 is 0 Å². The summed E-state index contributed by atoms with van der Waals surface area (Å²) in [7, 11) is 1.30. The van der Waals surface area contributed by atoms with Crippen LogP contribution in [0.15, 0.2) is 24.3 Å². The van der Waals surface area contributed by atoms with Crippen molar-refractivity contribution in [1.82, 2.24) is 5.32 Å². The zero-order valence-corrected chi connectivity index (χ0v) is 11.6. The number of amides is 2. The predicted octanol–water partition coefficient (Wildman–Crippen LogP) is 2.07. The van der Waals surface area contributed by atoms with Crippen molar-refractivity contribution in [2.24, 2.45) is 0 Å². The Labute approximate surface area is 120 Å². The first-order chi connectivity index (χ1) is 10.1. The Hall–Kier alpha value is -2.69. The zero-order chi connectivity index (χ0) is 15.1. The molecule has 0 fully saturated rings. The summed E-state index contributed by atoms with van der Waals surface area (Å²) >= 11 is 0. The van der Waals surface area contributed by atoms with E-state index in [1.54, 1.807) is 18.2 Å². The van der Waals surface area contributed by atoms with Crippen molar-refractivity contribution in [2.75, 3.05) is 7.11 Å². The summed E-state index contributed by atoms with van der Waals surface area (Å²) in [6, 6.07) is 6.89. The van der Waals surface area contributed by atoms with Crippen LogP contribution in [0, 0.1) is 0 Å². The number of fused-ring (bicyclic) bond motifs is 3. The molecule has 2 aromatic rings. The van der Waals surface area contributed by atoms with E-state index in [0.29, 0.717) is 28.5 Å². The van der Waals surface area contributed by atoms with Crippen LogP contribution in [0.5, 0.6) is 0 Å². The second kappa shape index (κ2) is 4.70. The molecule has 21 heavy (non-hydrogen) atoms. The van der Waals surface area contributed by atoms with Crippen molar-refractivity contribution >= 4 is 28.6 Å². The molecule has 3 rings (SSSR count). The maximum atomic E-state index is 12.1. The molecular formula is C16H13NO4. The lowest BCUT2D eigenvalue weighted by Crippen LogP contribution is -2.20. The Balaban J connectivity index is 2.37. The summed E-state index contributed by atoms with van der Waals surface area (Å²) in [5.74, 6) is -1.27. The summed E-state index contributed by atoms with van der Waals surface area (Å²) in [6.45, 7) is 1.93. The van der Waals surface area contributed by atoms with E-state index in [1.165, 1.54) is 7.11 Å². The van der Waals surface area contributed by atoms with Crippen LogP contribution in [0.25, 0.3) is 10.8 Å². The second-order valence-corrected chi connectivity index (χ2v) is 4.85. The largest absolute Gasteiger partial charge is 0.465 e. The second-order valence-electron chi connectivity index (χ2n) is 4.85. The number of rotatable bonds is 2. The van der Waals surface area contributed by atoms with Crippen molar-refractivity contribution in [3.05, 3.63) is 46.5 Å². The standard InChI is InChI=1S/C16H13NO4/c1-3-8-6-9-4-5-10(16(20)21-2)7-11(9)13-12(8)14(18)17-15(13)19/h4-7H,3H2,1-2H3,(H,17,18,19). The highest BCUT2D eigenvalue weighted by Crippen LogP contribution is 2.30. The van der Waals surface area contributed by atoms with E-state index in [2.05, 4.69) is 5.32 Å². The van der Waals surface area contributed by atoms with Crippen LogP contribution in [0.4, 0.5) is 0 Å². The van der Waals surface area contributed by atoms with E-state index in [4.69, 9.17) is 4.74 Å². The molecule has 5 heteroatoms. The lowest BCUT2D eigenvalue weighted by molar-refractivity contribution is 0.0600. The van der Waals surface area contributed by atoms with Crippen LogP contribution in [0.3, 0.4) is 0 Å². The van der Waals surface area contributed by atoms with Crippen LogP contribution in [0.2, 0.25) is 0 Å². The first-order valence-corrected chi connectivity index (χ1v) is 6.60. The fraction of sp³-hybridized carbons (Fsp3) is 0.188. The highest BCUT2D eigenvalue weighted by atomic mass is 16.5. The van der Waals surface area contributed by atoms with E-state index in [9.17, 15) is 14.4 Å². The first-order valence-electron chi connectivity index (χ1n) is 6.60. The van der Waals surface area contributed by atoms with Gasteiger partial charge in [-0.1, -0.05) is 19.1 Å². The number of imide groups is 1. The summed E-state index contributed by atoms with van der Waals surface area (Å²) in [4.78, 5) is 35.6. The third kappa shape index (κ3) is 1.89. The summed E-state index contributed by atoms with van der Waals surface area (Å²) in [6.07, 6.45) is 0.651. The molecule has 0 unspecified atom stereocenters. The predicted molar refractivity (Wildman–Crippen MR) is 76.5 cm³/mol. The number of carbonyl (C=O) groups is 3. The number of aryl methyl sites for hydroxylation is 1. The minimum absolute atomic E-state index is 0.347. The fourth-order valence-electron chi connectivity index (χ4n) is 2.70. The normalized spacial score (nSPS) is 13.2. The van der Waals surface area contributed by atoms with Gasteiger partial charge in [0.25, 0.3) is 11.8 Å². The van der Waals surface area contributed by atoms with E-state index in [-0.39, 0.29) is 5.91 Å². The molecule has 0 saturated carbocycles. The Morgan fingerprint density at radius 3 is 2.52 bits per heavy atom. The lowest BCUT2D eigenvalue weighted by Gasteiger charge is -2.09. The van der Waals surface area contributed by atoms with Crippen molar-refractivity contribution < 1.29 is 19.1 Å². The average molecular weight is 283 g/mol.